The highest BCUT2D eigenvalue weighted by Gasteiger charge is 2.42. The maximum atomic E-state index is 13.2. The van der Waals surface area contributed by atoms with Gasteiger partial charge in [-0.2, -0.15) is 0 Å². The molecule has 0 radical (unpaired) electrons. The standard InChI is InChI=1S/C19H22O2/c1-11-9-10-15-7-5-6-8-16(15)17(11)19(20)18-12(2)13(3)21-14(18)4/h5-10,12-14,18H,1-4H3. The minimum absolute atomic E-state index is 0.0131. The number of aryl methyl sites for hydroxylation is 1. The van der Waals surface area contributed by atoms with Crippen molar-refractivity contribution in [3.8, 4) is 0 Å². The van der Waals surface area contributed by atoms with Gasteiger partial charge < -0.3 is 4.74 Å². The molecule has 21 heavy (non-hydrogen) atoms. The fraction of sp³-hybridized carbons (Fsp3) is 0.421. The molecular formula is C19H22O2. The molecule has 2 nitrogen and oxygen atoms in total. The van der Waals surface area contributed by atoms with Crippen molar-refractivity contribution in [3.63, 3.8) is 0 Å². The summed E-state index contributed by atoms with van der Waals surface area (Å²) in [5.41, 5.74) is 1.92. The molecule has 4 atom stereocenters. The first-order valence-electron chi connectivity index (χ1n) is 7.68. The number of benzene rings is 2. The smallest absolute Gasteiger partial charge is 0.169 e. The summed E-state index contributed by atoms with van der Waals surface area (Å²) in [5.74, 6) is 0.434. The van der Waals surface area contributed by atoms with E-state index in [-0.39, 0.29) is 29.8 Å². The average molecular weight is 282 g/mol. The van der Waals surface area contributed by atoms with E-state index in [2.05, 4.69) is 26.0 Å². The first kappa shape index (κ1) is 14.3. The Hall–Kier alpha value is -1.67. The van der Waals surface area contributed by atoms with Crippen molar-refractivity contribution in [2.75, 3.05) is 0 Å². The van der Waals surface area contributed by atoms with Crippen molar-refractivity contribution < 1.29 is 9.53 Å². The molecular weight excluding hydrogens is 260 g/mol. The third kappa shape index (κ3) is 2.28. The van der Waals surface area contributed by atoms with Gasteiger partial charge in [-0.15, -0.1) is 0 Å². The quantitative estimate of drug-likeness (QED) is 0.764. The highest BCUT2D eigenvalue weighted by Crippen LogP contribution is 2.36. The molecule has 3 rings (SSSR count). The monoisotopic (exact) mass is 282 g/mol. The van der Waals surface area contributed by atoms with Gasteiger partial charge >= 0.3 is 0 Å². The molecule has 0 aliphatic carbocycles. The second-order valence-electron chi connectivity index (χ2n) is 6.27. The Morgan fingerprint density at radius 3 is 2.38 bits per heavy atom. The number of fused-ring (bicyclic) bond motifs is 1. The number of carbonyl (C=O) groups excluding carboxylic acids is 1. The van der Waals surface area contributed by atoms with Gasteiger partial charge in [0.15, 0.2) is 5.78 Å². The summed E-state index contributed by atoms with van der Waals surface area (Å²) in [5, 5.41) is 2.18. The van der Waals surface area contributed by atoms with E-state index in [9.17, 15) is 4.79 Å². The van der Waals surface area contributed by atoms with Crippen LogP contribution < -0.4 is 0 Å². The summed E-state index contributed by atoms with van der Waals surface area (Å²) in [6.45, 7) is 8.22. The summed E-state index contributed by atoms with van der Waals surface area (Å²) in [4.78, 5) is 13.2. The Morgan fingerprint density at radius 2 is 1.71 bits per heavy atom. The van der Waals surface area contributed by atoms with Crippen molar-refractivity contribution >= 4 is 16.6 Å². The van der Waals surface area contributed by atoms with Gasteiger partial charge in [0.25, 0.3) is 0 Å². The summed E-state index contributed by atoms with van der Waals surface area (Å²) >= 11 is 0. The molecule has 0 aromatic heterocycles. The third-order valence-corrected chi connectivity index (χ3v) is 4.93. The van der Waals surface area contributed by atoms with Crippen LogP contribution in [0.2, 0.25) is 0 Å². The van der Waals surface area contributed by atoms with Crippen LogP contribution >= 0.6 is 0 Å². The Bertz CT molecular complexity index is 689. The van der Waals surface area contributed by atoms with E-state index in [0.29, 0.717) is 0 Å². The number of ether oxygens (including phenoxy) is 1. The van der Waals surface area contributed by atoms with Crippen molar-refractivity contribution in [1.82, 2.24) is 0 Å². The van der Waals surface area contributed by atoms with Gasteiger partial charge in [0.1, 0.15) is 0 Å². The largest absolute Gasteiger partial charge is 0.374 e. The van der Waals surface area contributed by atoms with Crippen LogP contribution in [0.25, 0.3) is 10.8 Å². The lowest BCUT2D eigenvalue weighted by molar-refractivity contribution is 0.0491. The minimum Gasteiger partial charge on any atom is -0.374 e. The Kier molecular flexibility index (Phi) is 3.58. The second-order valence-corrected chi connectivity index (χ2v) is 6.27. The first-order valence-corrected chi connectivity index (χ1v) is 7.68. The maximum Gasteiger partial charge on any atom is 0.169 e. The number of rotatable bonds is 2. The number of Topliss-reactive ketones (excluding diaryl/α,β-unsaturated/α-hetero) is 1. The summed E-state index contributed by atoms with van der Waals surface area (Å²) in [6, 6.07) is 12.2. The van der Waals surface area contributed by atoms with Gasteiger partial charge in [-0.25, -0.2) is 0 Å². The van der Waals surface area contributed by atoms with Gasteiger partial charge in [0.2, 0.25) is 0 Å². The minimum atomic E-state index is -0.0514. The van der Waals surface area contributed by atoms with E-state index >= 15 is 0 Å². The summed E-state index contributed by atoms with van der Waals surface area (Å²) in [7, 11) is 0. The van der Waals surface area contributed by atoms with E-state index in [1.54, 1.807) is 0 Å². The highest BCUT2D eigenvalue weighted by atomic mass is 16.5. The molecule has 110 valence electrons. The zero-order valence-electron chi connectivity index (χ0n) is 13.1. The molecule has 0 bridgehead atoms. The van der Waals surface area contributed by atoms with E-state index in [4.69, 9.17) is 4.74 Å². The second kappa shape index (κ2) is 5.27. The van der Waals surface area contributed by atoms with Crippen LogP contribution in [0.3, 0.4) is 0 Å². The van der Waals surface area contributed by atoms with E-state index in [1.807, 2.05) is 38.1 Å². The molecule has 2 aromatic rings. The fourth-order valence-electron chi connectivity index (χ4n) is 3.59. The van der Waals surface area contributed by atoms with Crippen LogP contribution in [0, 0.1) is 18.8 Å². The predicted molar refractivity (Wildman–Crippen MR) is 85.7 cm³/mol. The summed E-state index contributed by atoms with van der Waals surface area (Å²) < 4.78 is 5.86. The van der Waals surface area contributed by atoms with Crippen LogP contribution in [-0.2, 0) is 4.74 Å². The third-order valence-electron chi connectivity index (χ3n) is 4.93. The lowest BCUT2D eigenvalue weighted by Crippen LogP contribution is -2.27. The molecule has 4 unspecified atom stereocenters. The molecule has 0 amide bonds. The molecule has 1 aliphatic heterocycles. The van der Waals surface area contributed by atoms with Crippen LogP contribution in [0.15, 0.2) is 36.4 Å². The topological polar surface area (TPSA) is 26.3 Å². The van der Waals surface area contributed by atoms with Gasteiger partial charge in [-0.3, -0.25) is 4.79 Å². The molecule has 2 aromatic carbocycles. The Morgan fingerprint density at radius 1 is 1.00 bits per heavy atom. The van der Waals surface area contributed by atoms with Crippen molar-refractivity contribution in [3.05, 3.63) is 47.5 Å². The van der Waals surface area contributed by atoms with E-state index in [1.165, 1.54) is 0 Å². The Balaban J connectivity index is 2.12. The molecule has 1 saturated heterocycles. The zero-order chi connectivity index (χ0) is 15.1. The normalized spacial score (nSPS) is 29.0. The highest BCUT2D eigenvalue weighted by molar-refractivity contribution is 6.10. The number of ketones is 1. The number of hydrogen-bond donors (Lipinski definition) is 0. The SMILES string of the molecule is Cc1ccc2ccccc2c1C(=O)C1C(C)OC(C)C1C. The zero-order valence-corrected chi connectivity index (χ0v) is 13.1. The van der Waals surface area contributed by atoms with E-state index in [0.717, 1.165) is 21.9 Å². The van der Waals surface area contributed by atoms with Crippen molar-refractivity contribution in [1.29, 1.82) is 0 Å². The lowest BCUT2D eigenvalue weighted by Gasteiger charge is -2.19. The van der Waals surface area contributed by atoms with Gasteiger partial charge in [-0.05, 0) is 43.0 Å². The van der Waals surface area contributed by atoms with Gasteiger partial charge in [-0.1, -0.05) is 43.3 Å². The average Bonchev–Trinajstić information content (AvgIpc) is 2.71. The van der Waals surface area contributed by atoms with Crippen LogP contribution in [0.1, 0.15) is 36.7 Å². The Labute approximate surface area is 126 Å². The number of carbonyl (C=O) groups is 1. The fourth-order valence-corrected chi connectivity index (χ4v) is 3.59. The predicted octanol–water partition coefficient (Wildman–Crippen LogP) is 4.39. The molecule has 2 heteroatoms. The van der Waals surface area contributed by atoms with Crippen LogP contribution in [-0.4, -0.2) is 18.0 Å². The molecule has 0 N–H and O–H groups in total. The van der Waals surface area contributed by atoms with Gasteiger partial charge in [0, 0.05) is 5.56 Å². The molecule has 0 spiro atoms. The molecule has 1 heterocycles. The molecule has 1 aliphatic rings. The summed E-state index contributed by atoms with van der Waals surface area (Å²) in [6.07, 6.45) is 0.130. The molecule has 1 fully saturated rings. The number of hydrogen-bond acceptors (Lipinski definition) is 2. The van der Waals surface area contributed by atoms with Gasteiger partial charge in [0.05, 0.1) is 18.1 Å². The lowest BCUT2D eigenvalue weighted by atomic mass is 9.81. The van der Waals surface area contributed by atoms with Crippen molar-refractivity contribution in [2.45, 2.75) is 39.9 Å². The van der Waals surface area contributed by atoms with E-state index < -0.39 is 0 Å². The van der Waals surface area contributed by atoms with Crippen LogP contribution in [0.4, 0.5) is 0 Å². The maximum absolute atomic E-state index is 13.2. The first-order chi connectivity index (χ1) is 10.0. The molecule has 0 saturated carbocycles. The van der Waals surface area contributed by atoms with Crippen molar-refractivity contribution in [2.24, 2.45) is 11.8 Å². The van der Waals surface area contributed by atoms with Crippen LogP contribution in [0.5, 0.6) is 0 Å².